The first-order chi connectivity index (χ1) is 6.74. The van der Waals surface area contributed by atoms with E-state index in [0.717, 1.165) is 5.56 Å². The van der Waals surface area contributed by atoms with Gasteiger partial charge in [0.25, 0.3) is 0 Å². The van der Waals surface area contributed by atoms with Crippen LogP contribution in [0, 0.1) is 11.8 Å². The summed E-state index contributed by atoms with van der Waals surface area (Å²) in [7, 11) is 3.80. The second-order valence-electron chi connectivity index (χ2n) is 3.01. The van der Waals surface area contributed by atoms with Gasteiger partial charge in [0.1, 0.15) is 0 Å². The molecule has 1 aromatic heterocycles. The van der Waals surface area contributed by atoms with Crippen LogP contribution < -0.4 is 10.6 Å². The Kier molecular flexibility index (Phi) is 3.89. The minimum atomic E-state index is 0.587. The van der Waals surface area contributed by atoms with E-state index in [1.165, 1.54) is 0 Å². The minimum Gasteiger partial charge on any atom is -0.347 e. The maximum absolute atomic E-state index is 5.32. The van der Waals surface area contributed by atoms with E-state index in [1.54, 1.807) is 12.4 Å². The fourth-order valence-corrected chi connectivity index (χ4v) is 0.853. The summed E-state index contributed by atoms with van der Waals surface area (Å²) < 4.78 is 0. The van der Waals surface area contributed by atoms with Gasteiger partial charge in [0.15, 0.2) is 0 Å². The summed E-state index contributed by atoms with van der Waals surface area (Å²) in [6.07, 6.45) is 4.13. The highest BCUT2D eigenvalue weighted by Gasteiger charge is 1.96. The predicted octanol–water partition coefficient (Wildman–Crippen LogP) is 0.243. The van der Waals surface area contributed by atoms with Crippen molar-refractivity contribution >= 4 is 5.95 Å². The summed E-state index contributed by atoms with van der Waals surface area (Å²) in [6, 6.07) is 0. The van der Waals surface area contributed by atoms with Crippen LogP contribution in [0.1, 0.15) is 12.0 Å². The molecule has 1 rings (SSSR count). The molecule has 0 spiro atoms. The van der Waals surface area contributed by atoms with Crippen molar-refractivity contribution in [2.45, 2.75) is 6.42 Å². The van der Waals surface area contributed by atoms with E-state index >= 15 is 0 Å². The maximum atomic E-state index is 5.32. The molecular weight excluding hydrogens is 176 g/mol. The van der Waals surface area contributed by atoms with Gasteiger partial charge in [0.2, 0.25) is 5.95 Å². The van der Waals surface area contributed by atoms with Gasteiger partial charge in [-0.05, 0) is 0 Å². The van der Waals surface area contributed by atoms with Crippen LogP contribution in [0.15, 0.2) is 12.4 Å². The minimum absolute atomic E-state index is 0.587. The topological polar surface area (TPSA) is 55.0 Å². The Hall–Kier alpha value is -1.60. The fraction of sp³-hybridized carbons (Fsp3) is 0.400. The van der Waals surface area contributed by atoms with E-state index in [2.05, 4.69) is 21.8 Å². The van der Waals surface area contributed by atoms with E-state index in [0.29, 0.717) is 18.9 Å². The van der Waals surface area contributed by atoms with Gasteiger partial charge < -0.3 is 10.6 Å². The third kappa shape index (κ3) is 3.04. The number of anilines is 1. The van der Waals surface area contributed by atoms with Gasteiger partial charge in [0.05, 0.1) is 5.56 Å². The van der Waals surface area contributed by atoms with Crippen LogP contribution in [0.25, 0.3) is 0 Å². The first-order valence-corrected chi connectivity index (χ1v) is 4.42. The lowest BCUT2D eigenvalue weighted by Gasteiger charge is -2.07. The lowest BCUT2D eigenvalue weighted by molar-refractivity contribution is 0.995. The Morgan fingerprint density at radius 2 is 2.00 bits per heavy atom. The zero-order valence-corrected chi connectivity index (χ0v) is 8.49. The van der Waals surface area contributed by atoms with E-state index in [-0.39, 0.29) is 0 Å². The fourth-order valence-electron chi connectivity index (χ4n) is 0.853. The van der Waals surface area contributed by atoms with E-state index in [1.807, 2.05) is 19.0 Å². The number of nitrogens with two attached hydrogens (primary N) is 1. The largest absolute Gasteiger partial charge is 0.347 e. The van der Waals surface area contributed by atoms with E-state index in [9.17, 15) is 0 Å². The third-order valence-electron chi connectivity index (χ3n) is 1.54. The van der Waals surface area contributed by atoms with Crippen molar-refractivity contribution in [2.24, 2.45) is 5.73 Å². The zero-order chi connectivity index (χ0) is 10.4. The van der Waals surface area contributed by atoms with Crippen molar-refractivity contribution < 1.29 is 0 Å². The molecule has 1 aromatic rings. The molecule has 0 atom stereocenters. The van der Waals surface area contributed by atoms with Crippen LogP contribution in [0.4, 0.5) is 5.95 Å². The lowest BCUT2D eigenvalue weighted by atomic mass is 10.3. The standard InChI is InChI=1S/C10H14N4/c1-14(2)10-12-7-9(8-13-10)5-3-4-6-11/h7-8H,4,6,11H2,1-2H3. The summed E-state index contributed by atoms with van der Waals surface area (Å²) in [5.41, 5.74) is 6.14. The van der Waals surface area contributed by atoms with Crippen LogP contribution in [0.2, 0.25) is 0 Å². The molecule has 0 aliphatic rings. The Balaban J connectivity index is 2.70. The maximum Gasteiger partial charge on any atom is 0.224 e. The molecule has 0 saturated carbocycles. The molecule has 0 aromatic carbocycles. The smallest absolute Gasteiger partial charge is 0.224 e. The van der Waals surface area contributed by atoms with Crippen molar-refractivity contribution in [1.82, 2.24) is 9.97 Å². The van der Waals surface area contributed by atoms with Crippen molar-refractivity contribution in [2.75, 3.05) is 25.5 Å². The van der Waals surface area contributed by atoms with Gasteiger partial charge >= 0.3 is 0 Å². The average molecular weight is 190 g/mol. The molecule has 2 N–H and O–H groups in total. The predicted molar refractivity (Wildman–Crippen MR) is 56.9 cm³/mol. The molecule has 0 fully saturated rings. The van der Waals surface area contributed by atoms with Crippen molar-refractivity contribution in [1.29, 1.82) is 0 Å². The van der Waals surface area contributed by atoms with Crippen LogP contribution >= 0.6 is 0 Å². The second-order valence-corrected chi connectivity index (χ2v) is 3.01. The van der Waals surface area contributed by atoms with Crippen molar-refractivity contribution in [3.05, 3.63) is 18.0 Å². The number of hydrogen-bond acceptors (Lipinski definition) is 4. The molecule has 0 aliphatic carbocycles. The number of aromatic nitrogens is 2. The zero-order valence-electron chi connectivity index (χ0n) is 8.49. The van der Waals surface area contributed by atoms with Gasteiger partial charge in [-0.15, -0.1) is 0 Å². The second kappa shape index (κ2) is 5.20. The molecule has 0 amide bonds. The summed E-state index contributed by atoms with van der Waals surface area (Å²) in [6.45, 7) is 0.587. The Morgan fingerprint density at radius 1 is 1.36 bits per heavy atom. The monoisotopic (exact) mass is 190 g/mol. The summed E-state index contributed by atoms with van der Waals surface area (Å²) in [5, 5.41) is 0. The lowest BCUT2D eigenvalue weighted by Crippen LogP contribution is -2.12. The van der Waals surface area contributed by atoms with Gasteiger partial charge in [-0.1, -0.05) is 11.8 Å². The van der Waals surface area contributed by atoms with Gasteiger partial charge in [-0.25, -0.2) is 9.97 Å². The molecule has 4 nitrogen and oxygen atoms in total. The molecule has 0 saturated heterocycles. The first kappa shape index (κ1) is 10.5. The van der Waals surface area contributed by atoms with Crippen LogP contribution in [-0.2, 0) is 0 Å². The normalized spacial score (nSPS) is 9.07. The molecular formula is C10H14N4. The van der Waals surface area contributed by atoms with Gasteiger partial charge in [-0.3, -0.25) is 0 Å². The van der Waals surface area contributed by atoms with Crippen molar-refractivity contribution in [3.63, 3.8) is 0 Å². The Labute approximate surface area is 84.2 Å². The molecule has 0 radical (unpaired) electrons. The summed E-state index contributed by atoms with van der Waals surface area (Å²) in [4.78, 5) is 10.1. The van der Waals surface area contributed by atoms with E-state index in [4.69, 9.17) is 5.73 Å². The van der Waals surface area contributed by atoms with Gasteiger partial charge in [-0.2, -0.15) is 0 Å². The van der Waals surface area contributed by atoms with Crippen molar-refractivity contribution in [3.8, 4) is 11.8 Å². The Morgan fingerprint density at radius 3 is 2.50 bits per heavy atom. The molecule has 0 aliphatic heterocycles. The summed E-state index contributed by atoms with van der Waals surface area (Å²) in [5.74, 6) is 6.56. The average Bonchev–Trinajstić information content (AvgIpc) is 2.19. The number of nitrogens with zero attached hydrogens (tertiary/aromatic N) is 3. The number of rotatable bonds is 2. The first-order valence-electron chi connectivity index (χ1n) is 4.42. The van der Waals surface area contributed by atoms with Crippen LogP contribution in [0.5, 0.6) is 0 Å². The highest BCUT2D eigenvalue weighted by molar-refractivity contribution is 5.34. The molecule has 74 valence electrons. The molecule has 4 heteroatoms. The quantitative estimate of drug-likeness (QED) is 0.679. The highest BCUT2D eigenvalue weighted by Crippen LogP contribution is 2.01. The third-order valence-corrected chi connectivity index (χ3v) is 1.54. The highest BCUT2D eigenvalue weighted by atomic mass is 15.2. The Bertz CT molecular complexity index is 331. The summed E-state index contributed by atoms with van der Waals surface area (Å²) >= 11 is 0. The number of hydrogen-bond donors (Lipinski definition) is 1. The van der Waals surface area contributed by atoms with Crippen LogP contribution in [0.3, 0.4) is 0 Å². The molecule has 14 heavy (non-hydrogen) atoms. The van der Waals surface area contributed by atoms with Crippen LogP contribution in [-0.4, -0.2) is 30.6 Å². The van der Waals surface area contributed by atoms with Gasteiger partial charge in [0, 0.05) is 39.5 Å². The SMILES string of the molecule is CN(C)c1ncc(C#CCCN)cn1. The molecule has 0 unspecified atom stereocenters. The molecule has 0 bridgehead atoms. The molecule has 1 heterocycles. The van der Waals surface area contributed by atoms with E-state index < -0.39 is 0 Å².